The molecular weight excluding hydrogens is 310 g/mol. The van der Waals surface area contributed by atoms with Gasteiger partial charge in [-0.15, -0.1) is 0 Å². The number of unbranched alkanes of at least 4 members (excludes halogenated alkanes) is 16. The Morgan fingerprint density at radius 1 is 0.680 bits per heavy atom. The van der Waals surface area contributed by atoms with Crippen LogP contribution in [0.15, 0.2) is 0 Å². The molecule has 25 heavy (non-hydrogen) atoms. The van der Waals surface area contributed by atoms with Crippen LogP contribution in [0.3, 0.4) is 0 Å². The highest BCUT2D eigenvalue weighted by Crippen LogP contribution is 2.27. The minimum Gasteiger partial charge on any atom is -0.367 e. The normalized spacial score (nSPS) is 19.2. The van der Waals surface area contributed by atoms with E-state index in [0.29, 0.717) is 0 Å². The monoisotopic (exact) mass is 353 g/mol. The van der Waals surface area contributed by atoms with Crippen LogP contribution in [0, 0.1) is 0 Å². The number of hydrogen-bond acceptors (Lipinski definition) is 2. The highest BCUT2D eigenvalue weighted by Gasteiger charge is 2.42. The van der Waals surface area contributed by atoms with Crippen LogP contribution in [-0.4, -0.2) is 18.1 Å². The third kappa shape index (κ3) is 13.3. The number of hydrogen-bond donors (Lipinski definition) is 1. The number of carbonyl (C=O) groups is 1. The minimum absolute atomic E-state index is 0.133. The molecule has 1 amide bonds. The highest BCUT2D eigenvalue weighted by atomic mass is 16.6. The first-order chi connectivity index (χ1) is 12.3. The molecule has 0 bridgehead atoms. The quantitative estimate of drug-likeness (QED) is 0.219. The topological polar surface area (TPSA) is 55.6 Å². The molecule has 0 aromatic heterocycles. The van der Waals surface area contributed by atoms with E-state index in [1.165, 1.54) is 109 Å². The van der Waals surface area contributed by atoms with Gasteiger partial charge >= 0.3 is 0 Å². The maximum atomic E-state index is 10.9. The van der Waals surface area contributed by atoms with Gasteiger partial charge in [-0.2, -0.15) is 0 Å². The van der Waals surface area contributed by atoms with E-state index in [1.807, 2.05) is 0 Å². The van der Waals surface area contributed by atoms with E-state index in [2.05, 4.69) is 6.92 Å². The molecule has 0 aliphatic carbocycles. The molecule has 3 heteroatoms. The van der Waals surface area contributed by atoms with Crippen LogP contribution in [0.4, 0.5) is 0 Å². The molecule has 0 aromatic rings. The molecule has 1 aliphatic heterocycles. The summed E-state index contributed by atoms with van der Waals surface area (Å²) in [5, 5.41) is 0. The average molecular weight is 354 g/mol. The molecule has 0 radical (unpaired) electrons. The summed E-state index contributed by atoms with van der Waals surface area (Å²) in [5.41, 5.74) is 5.19. The molecule has 2 unspecified atom stereocenters. The molecule has 3 nitrogen and oxygen atoms in total. The molecule has 1 heterocycles. The van der Waals surface area contributed by atoms with Crippen molar-refractivity contribution in [1.29, 1.82) is 0 Å². The summed E-state index contributed by atoms with van der Waals surface area (Å²) in [4.78, 5) is 10.9. The Hall–Kier alpha value is -0.570. The summed E-state index contributed by atoms with van der Waals surface area (Å²) in [6.45, 7) is 2.28. The molecule has 1 saturated heterocycles. The van der Waals surface area contributed by atoms with Crippen LogP contribution >= 0.6 is 0 Å². The predicted molar refractivity (Wildman–Crippen MR) is 107 cm³/mol. The molecule has 0 saturated carbocycles. The largest absolute Gasteiger partial charge is 0.367 e. The predicted octanol–water partition coefficient (Wildman–Crippen LogP) is 6.28. The van der Waals surface area contributed by atoms with E-state index in [1.54, 1.807) is 0 Å². The van der Waals surface area contributed by atoms with E-state index in [0.717, 1.165) is 6.42 Å². The summed E-state index contributed by atoms with van der Waals surface area (Å²) in [5.74, 6) is -0.294. The van der Waals surface area contributed by atoms with Gasteiger partial charge in [0.25, 0.3) is 0 Å². The van der Waals surface area contributed by atoms with Crippen LogP contribution in [0.1, 0.15) is 122 Å². The van der Waals surface area contributed by atoms with E-state index >= 15 is 0 Å². The summed E-state index contributed by atoms with van der Waals surface area (Å²) in [6.07, 6.45) is 24.6. The van der Waals surface area contributed by atoms with E-state index in [9.17, 15) is 4.79 Å². The van der Waals surface area contributed by atoms with Gasteiger partial charge in [0.2, 0.25) is 5.91 Å². The van der Waals surface area contributed by atoms with Gasteiger partial charge in [-0.3, -0.25) is 4.79 Å². The second-order valence-corrected chi connectivity index (χ2v) is 7.94. The van der Waals surface area contributed by atoms with Gasteiger partial charge in [-0.1, -0.05) is 116 Å². The lowest BCUT2D eigenvalue weighted by Crippen LogP contribution is -2.19. The standard InChI is InChI=1S/C22H43NO2/c1-2-3-4-5-6-7-8-9-10-11-12-13-14-15-16-17-18-19-20-21(25-20)22(23)24/h20-21H,2-19H2,1H3,(H2,23,24). The fraction of sp³-hybridized carbons (Fsp3) is 0.955. The number of epoxide rings is 1. The van der Waals surface area contributed by atoms with Gasteiger partial charge in [-0.25, -0.2) is 0 Å². The van der Waals surface area contributed by atoms with Crippen LogP contribution in [0.2, 0.25) is 0 Å². The molecule has 0 aromatic carbocycles. The summed E-state index contributed by atoms with van der Waals surface area (Å²) >= 11 is 0. The lowest BCUT2D eigenvalue weighted by Gasteiger charge is -2.03. The molecule has 1 rings (SSSR count). The number of rotatable bonds is 19. The molecular formula is C22H43NO2. The van der Waals surface area contributed by atoms with Crippen LogP contribution in [0.25, 0.3) is 0 Å². The van der Waals surface area contributed by atoms with Crippen LogP contribution in [0.5, 0.6) is 0 Å². The third-order valence-corrected chi connectivity index (χ3v) is 5.46. The molecule has 1 aliphatic rings. The Labute approximate surface area is 156 Å². The first-order valence-corrected chi connectivity index (χ1v) is 11.2. The Morgan fingerprint density at radius 3 is 1.36 bits per heavy atom. The van der Waals surface area contributed by atoms with Crippen LogP contribution in [-0.2, 0) is 9.53 Å². The molecule has 2 atom stereocenters. The Bertz CT molecular complexity index is 319. The lowest BCUT2D eigenvalue weighted by atomic mass is 10.0. The van der Waals surface area contributed by atoms with Crippen molar-refractivity contribution in [3.63, 3.8) is 0 Å². The number of carbonyl (C=O) groups excluding carboxylic acids is 1. The fourth-order valence-corrected chi connectivity index (χ4v) is 3.68. The van der Waals surface area contributed by atoms with Gasteiger partial charge in [-0.05, 0) is 6.42 Å². The fourth-order valence-electron chi connectivity index (χ4n) is 3.68. The third-order valence-electron chi connectivity index (χ3n) is 5.46. The smallest absolute Gasteiger partial charge is 0.249 e. The zero-order chi connectivity index (χ0) is 18.2. The zero-order valence-electron chi connectivity index (χ0n) is 16.8. The second kappa shape index (κ2) is 15.7. The van der Waals surface area contributed by atoms with E-state index < -0.39 is 0 Å². The maximum absolute atomic E-state index is 10.9. The number of ether oxygens (including phenoxy) is 1. The van der Waals surface area contributed by atoms with Crippen LogP contribution < -0.4 is 5.73 Å². The van der Waals surface area contributed by atoms with Crippen molar-refractivity contribution in [2.24, 2.45) is 5.73 Å². The van der Waals surface area contributed by atoms with Crippen molar-refractivity contribution in [1.82, 2.24) is 0 Å². The SMILES string of the molecule is CCCCCCCCCCCCCCCCCCCC1OC1C(N)=O. The summed E-state index contributed by atoms with van der Waals surface area (Å²) in [7, 11) is 0. The highest BCUT2D eigenvalue weighted by molar-refractivity contribution is 5.81. The lowest BCUT2D eigenvalue weighted by molar-refractivity contribution is -0.119. The molecule has 0 spiro atoms. The number of primary amides is 1. The van der Waals surface area contributed by atoms with Crippen molar-refractivity contribution < 1.29 is 9.53 Å². The molecule has 148 valence electrons. The van der Waals surface area contributed by atoms with Crippen molar-refractivity contribution in [3.8, 4) is 0 Å². The summed E-state index contributed by atoms with van der Waals surface area (Å²) in [6, 6.07) is 0. The van der Waals surface area contributed by atoms with Crippen molar-refractivity contribution >= 4 is 5.91 Å². The zero-order valence-corrected chi connectivity index (χ0v) is 16.8. The van der Waals surface area contributed by atoms with Gasteiger partial charge in [0.1, 0.15) is 0 Å². The molecule has 1 fully saturated rings. The van der Waals surface area contributed by atoms with Crippen molar-refractivity contribution in [2.75, 3.05) is 0 Å². The number of nitrogens with two attached hydrogens (primary N) is 1. The Morgan fingerprint density at radius 2 is 1.04 bits per heavy atom. The minimum atomic E-state index is -0.294. The maximum Gasteiger partial charge on any atom is 0.249 e. The van der Waals surface area contributed by atoms with Gasteiger partial charge in [0, 0.05) is 0 Å². The van der Waals surface area contributed by atoms with Gasteiger partial charge < -0.3 is 10.5 Å². The van der Waals surface area contributed by atoms with Crippen molar-refractivity contribution in [3.05, 3.63) is 0 Å². The van der Waals surface area contributed by atoms with Gasteiger partial charge in [0.05, 0.1) is 6.10 Å². The molecule has 2 N–H and O–H groups in total. The second-order valence-electron chi connectivity index (χ2n) is 7.94. The van der Waals surface area contributed by atoms with E-state index in [4.69, 9.17) is 10.5 Å². The first kappa shape index (κ1) is 22.5. The Kier molecular flexibility index (Phi) is 14.1. The average Bonchev–Trinajstić information content (AvgIpc) is 3.37. The summed E-state index contributed by atoms with van der Waals surface area (Å²) < 4.78 is 5.23. The van der Waals surface area contributed by atoms with Crippen molar-refractivity contribution in [2.45, 2.75) is 135 Å². The van der Waals surface area contributed by atoms with Gasteiger partial charge in [0.15, 0.2) is 6.10 Å². The van der Waals surface area contributed by atoms with E-state index in [-0.39, 0.29) is 18.1 Å². The Balaban J connectivity index is 1.65. The number of amides is 1. The first-order valence-electron chi connectivity index (χ1n) is 11.2.